The fourth-order valence-electron chi connectivity index (χ4n) is 2.05. The van der Waals surface area contributed by atoms with Crippen molar-refractivity contribution >= 4 is 0 Å². The van der Waals surface area contributed by atoms with Crippen molar-refractivity contribution in [3.05, 3.63) is 35.9 Å². The molecule has 1 aliphatic heterocycles. The first-order valence-corrected chi connectivity index (χ1v) is 5.14. The van der Waals surface area contributed by atoms with Gasteiger partial charge in [-0.1, -0.05) is 37.3 Å². The summed E-state index contributed by atoms with van der Waals surface area (Å²) in [5.41, 5.74) is 1.44. The molecule has 0 bridgehead atoms. The van der Waals surface area contributed by atoms with Gasteiger partial charge in [0.1, 0.15) is 0 Å². The van der Waals surface area contributed by atoms with Crippen molar-refractivity contribution in [3.63, 3.8) is 0 Å². The van der Waals surface area contributed by atoms with Crippen molar-refractivity contribution in [2.75, 3.05) is 6.54 Å². The number of piperidine rings is 1. The van der Waals surface area contributed by atoms with Gasteiger partial charge in [0.2, 0.25) is 0 Å². The highest BCUT2D eigenvalue weighted by molar-refractivity contribution is 5.19. The van der Waals surface area contributed by atoms with Crippen LogP contribution in [0, 0.1) is 5.92 Å². The molecule has 0 radical (unpaired) electrons. The Kier molecular flexibility index (Phi) is 2.65. The quantitative estimate of drug-likeness (QED) is 0.692. The normalized spacial score (nSPS) is 28.7. The highest BCUT2D eigenvalue weighted by atomic mass is 14.9. The molecule has 0 unspecified atom stereocenters. The van der Waals surface area contributed by atoms with Crippen molar-refractivity contribution in [3.8, 4) is 0 Å². The van der Waals surface area contributed by atoms with Gasteiger partial charge in [-0.25, -0.2) is 0 Å². The minimum atomic E-state index is 0.588. The van der Waals surface area contributed by atoms with Gasteiger partial charge >= 0.3 is 0 Å². The molecule has 13 heavy (non-hydrogen) atoms. The number of hydrogen-bond acceptors (Lipinski definition) is 1. The fourth-order valence-corrected chi connectivity index (χ4v) is 2.05. The molecule has 1 nitrogen and oxygen atoms in total. The Morgan fingerprint density at radius 1 is 1.23 bits per heavy atom. The molecule has 1 aliphatic rings. The fraction of sp³-hybridized carbons (Fsp3) is 0.500. The maximum atomic E-state index is 3.57. The van der Waals surface area contributed by atoms with Crippen LogP contribution in [0.2, 0.25) is 0 Å². The minimum absolute atomic E-state index is 0.588. The average molecular weight is 175 g/mol. The van der Waals surface area contributed by atoms with E-state index in [1.165, 1.54) is 24.9 Å². The van der Waals surface area contributed by atoms with Crippen molar-refractivity contribution in [1.82, 2.24) is 5.32 Å². The molecule has 0 saturated carbocycles. The van der Waals surface area contributed by atoms with Crippen LogP contribution in [0.3, 0.4) is 0 Å². The maximum Gasteiger partial charge on any atom is 0.0322 e. The lowest BCUT2D eigenvalue weighted by atomic mass is 9.90. The molecule has 2 atom stereocenters. The van der Waals surface area contributed by atoms with Crippen molar-refractivity contribution in [1.29, 1.82) is 0 Å². The van der Waals surface area contributed by atoms with E-state index in [-0.39, 0.29) is 0 Å². The van der Waals surface area contributed by atoms with Gasteiger partial charge in [-0.3, -0.25) is 0 Å². The summed E-state index contributed by atoms with van der Waals surface area (Å²) in [5, 5.41) is 3.57. The third kappa shape index (κ3) is 2.10. The summed E-state index contributed by atoms with van der Waals surface area (Å²) in [6.07, 6.45) is 2.60. The molecule has 1 heteroatoms. The highest BCUT2D eigenvalue weighted by Crippen LogP contribution is 2.26. The second kappa shape index (κ2) is 3.93. The number of hydrogen-bond donors (Lipinski definition) is 1. The van der Waals surface area contributed by atoms with Crippen LogP contribution in [0.1, 0.15) is 31.4 Å². The average Bonchev–Trinajstić information content (AvgIpc) is 2.19. The Labute approximate surface area is 80.2 Å². The number of benzene rings is 1. The minimum Gasteiger partial charge on any atom is -0.310 e. The lowest BCUT2D eigenvalue weighted by Gasteiger charge is -2.28. The van der Waals surface area contributed by atoms with Gasteiger partial charge in [-0.05, 0) is 30.9 Å². The van der Waals surface area contributed by atoms with Crippen LogP contribution >= 0.6 is 0 Å². The maximum absolute atomic E-state index is 3.57. The molecule has 1 fully saturated rings. The molecule has 70 valence electrons. The molecule has 1 aromatic carbocycles. The van der Waals surface area contributed by atoms with Crippen molar-refractivity contribution < 1.29 is 0 Å². The van der Waals surface area contributed by atoms with Crippen LogP contribution in [0.15, 0.2) is 30.3 Å². The third-order valence-electron chi connectivity index (χ3n) is 2.87. The van der Waals surface area contributed by atoms with Crippen molar-refractivity contribution in [2.45, 2.75) is 25.8 Å². The van der Waals surface area contributed by atoms with Gasteiger partial charge in [-0.15, -0.1) is 0 Å². The largest absolute Gasteiger partial charge is 0.310 e. The monoisotopic (exact) mass is 175 g/mol. The first kappa shape index (κ1) is 8.76. The summed E-state index contributed by atoms with van der Waals surface area (Å²) in [6.45, 7) is 3.51. The molecule has 0 amide bonds. The highest BCUT2D eigenvalue weighted by Gasteiger charge is 2.18. The van der Waals surface area contributed by atoms with E-state index in [0.29, 0.717) is 6.04 Å². The first-order valence-electron chi connectivity index (χ1n) is 5.14. The van der Waals surface area contributed by atoms with Crippen molar-refractivity contribution in [2.24, 2.45) is 5.92 Å². The van der Waals surface area contributed by atoms with Crippen LogP contribution in [-0.2, 0) is 0 Å². The Hall–Kier alpha value is -0.820. The van der Waals surface area contributed by atoms with E-state index >= 15 is 0 Å². The molecular formula is C12H17N. The predicted molar refractivity (Wildman–Crippen MR) is 55.6 cm³/mol. The molecule has 0 aliphatic carbocycles. The second-order valence-electron chi connectivity index (χ2n) is 4.05. The lowest BCUT2D eigenvalue weighted by Crippen LogP contribution is -2.30. The van der Waals surface area contributed by atoms with Gasteiger partial charge in [0, 0.05) is 6.04 Å². The number of nitrogens with one attached hydrogen (secondary N) is 1. The molecule has 2 rings (SSSR count). The zero-order valence-electron chi connectivity index (χ0n) is 8.16. The van der Waals surface area contributed by atoms with E-state index in [2.05, 4.69) is 42.6 Å². The van der Waals surface area contributed by atoms with E-state index in [9.17, 15) is 0 Å². The predicted octanol–water partition coefficient (Wildman–Crippen LogP) is 2.75. The molecule has 0 aromatic heterocycles. The summed E-state index contributed by atoms with van der Waals surface area (Å²) >= 11 is 0. The lowest BCUT2D eigenvalue weighted by molar-refractivity contribution is 0.325. The van der Waals surface area contributed by atoms with Crippen LogP contribution in [-0.4, -0.2) is 6.54 Å². The molecular weight excluding hydrogens is 158 g/mol. The molecule has 1 aromatic rings. The Balaban J connectivity index is 2.08. The van der Waals surface area contributed by atoms with Gasteiger partial charge in [0.15, 0.2) is 0 Å². The van der Waals surface area contributed by atoms with Crippen LogP contribution in [0.4, 0.5) is 0 Å². The standard InChI is InChI=1S/C12H17N/c1-10-7-8-13-12(9-10)11-5-3-2-4-6-11/h2-6,10,12-13H,7-9H2,1H3/t10-,12-/m1/s1. The zero-order chi connectivity index (χ0) is 9.10. The Morgan fingerprint density at radius 2 is 2.00 bits per heavy atom. The number of rotatable bonds is 1. The summed E-state index contributed by atoms with van der Waals surface area (Å²) < 4.78 is 0. The van der Waals surface area contributed by atoms with E-state index in [1.54, 1.807) is 0 Å². The van der Waals surface area contributed by atoms with E-state index in [0.717, 1.165) is 5.92 Å². The van der Waals surface area contributed by atoms with Crippen LogP contribution in [0.5, 0.6) is 0 Å². The van der Waals surface area contributed by atoms with Gasteiger partial charge in [0.05, 0.1) is 0 Å². The van der Waals surface area contributed by atoms with Crippen LogP contribution < -0.4 is 5.32 Å². The molecule has 1 N–H and O–H groups in total. The van der Waals surface area contributed by atoms with Crippen LogP contribution in [0.25, 0.3) is 0 Å². The molecule has 1 heterocycles. The Morgan fingerprint density at radius 3 is 2.69 bits per heavy atom. The van der Waals surface area contributed by atoms with E-state index < -0.39 is 0 Å². The summed E-state index contributed by atoms with van der Waals surface area (Å²) in [7, 11) is 0. The van der Waals surface area contributed by atoms with Gasteiger partial charge < -0.3 is 5.32 Å². The third-order valence-corrected chi connectivity index (χ3v) is 2.87. The van der Waals surface area contributed by atoms with Gasteiger partial charge in [0.25, 0.3) is 0 Å². The van der Waals surface area contributed by atoms with Gasteiger partial charge in [-0.2, -0.15) is 0 Å². The SMILES string of the molecule is C[C@@H]1CCN[C@@H](c2ccccc2)C1. The Bertz CT molecular complexity index is 255. The first-order chi connectivity index (χ1) is 6.36. The topological polar surface area (TPSA) is 12.0 Å². The van der Waals surface area contributed by atoms with E-state index in [1.807, 2.05) is 0 Å². The summed E-state index contributed by atoms with van der Waals surface area (Å²) in [4.78, 5) is 0. The zero-order valence-corrected chi connectivity index (χ0v) is 8.16. The summed E-state index contributed by atoms with van der Waals surface area (Å²) in [6, 6.07) is 11.3. The molecule has 1 saturated heterocycles. The summed E-state index contributed by atoms with van der Waals surface area (Å²) in [5.74, 6) is 0.867. The molecule has 0 spiro atoms. The smallest absolute Gasteiger partial charge is 0.0322 e. The van der Waals surface area contributed by atoms with E-state index in [4.69, 9.17) is 0 Å². The second-order valence-corrected chi connectivity index (χ2v) is 4.05.